The Morgan fingerprint density at radius 1 is 1.08 bits per heavy atom. The zero-order valence-corrected chi connectivity index (χ0v) is 15.0. The Morgan fingerprint density at radius 2 is 1.75 bits per heavy atom. The van der Waals surface area contributed by atoms with Crippen LogP contribution in [0.25, 0.3) is 0 Å². The van der Waals surface area contributed by atoms with E-state index in [1.165, 1.54) is 23.1 Å². The van der Waals surface area contributed by atoms with Gasteiger partial charge in [0.15, 0.2) is 0 Å². The second-order valence-electron chi connectivity index (χ2n) is 5.08. The lowest BCUT2D eigenvalue weighted by molar-refractivity contribution is 0.0827. The van der Waals surface area contributed by atoms with Crippen LogP contribution in [0.4, 0.5) is 10.1 Å². The van der Waals surface area contributed by atoms with E-state index >= 15 is 0 Å². The molecule has 1 amide bonds. The van der Waals surface area contributed by atoms with Crippen LogP contribution in [0.2, 0.25) is 10.0 Å². The predicted octanol–water partition coefficient (Wildman–Crippen LogP) is 3.64. The van der Waals surface area contributed by atoms with E-state index in [-0.39, 0.29) is 32.1 Å². The van der Waals surface area contributed by atoms with Crippen LogP contribution in [-0.2, 0) is 10.0 Å². The molecule has 0 atom stereocenters. The zero-order chi connectivity index (χ0) is 18.1. The number of nitrogens with zero attached hydrogens (tertiary/aromatic N) is 1. The average molecular weight is 391 g/mol. The first-order valence-corrected chi connectivity index (χ1v) is 8.85. The van der Waals surface area contributed by atoms with Gasteiger partial charge in [0, 0.05) is 19.7 Å². The molecule has 2 aromatic carbocycles. The molecule has 2 aromatic rings. The second-order valence-corrected chi connectivity index (χ2v) is 7.57. The Morgan fingerprint density at radius 3 is 2.33 bits per heavy atom. The Labute approximate surface area is 149 Å². The van der Waals surface area contributed by atoms with Gasteiger partial charge in [-0.15, -0.1) is 0 Å². The van der Waals surface area contributed by atoms with Gasteiger partial charge in [0.05, 0.1) is 20.6 Å². The van der Waals surface area contributed by atoms with Gasteiger partial charge in [-0.05, 0) is 36.4 Å². The fourth-order valence-corrected chi connectivity index (χ4v) is 3.40. The normalized spacial score (nSPS) is 11.2. The fourth-order valence-electron chi connectivity index (χ4n) is 1.84. The Bertz CT molecular complexity index is 902. The van der Waals surface area contributed by atoms with Crippen molar-refractivity contribution in [2.75, 3.05) is 18.8 Å². The minimum absolute atomic E-state index is 0.0322. The predicted molar refractivity (Wildman–Crippen MR) is 91.7 cm³/mol. The summed E-state index contributed by atoms with van der Waals surface area (Å²) in [6.45, 7) is 0. The van der Waals surface area contributed by atoms with Crippen molar-refractivity contribution < 1.29 is 17.6 Å². The number of amides is 1. The average Bonchev–Trinajstić information content (AvgIpc) is 2.51. The quantitative estimate of drug-likeness (QED) is 0.866. The van der Waals surface area contributed by atoms with E-state index in [4.69, 9.17) is 23.2 Å². The van der Waals surface area contributed by atoms with Crippen LogP contribution < -0.4 is 4.72 Å². The number of halogens is 3. The number of benzene rings is 2. The standard InChI is InChI=1S/C15H13Cl2FN2O3S/c1-20(2)15(21)9-3-5-11(16)14(7-9)19-24(22,23)10-4-6-13(18)12(17)8-10/h3-8,19H,1-2H3. The van der Waals surface area contributed by atoms with Gasteiger partial charge in [-0.3, -0.25) is 9.52 Å². The van der Waals surface area contributed by atoms with Crippen molar-refractivity contribution in [2.24, 2.45) is 0 Å². The van der Waals surface area contributed by atoms with E-state index in [9.17, 15) is 17.6 Å². The van der Waals surface area contributed by atoms with Crippen LogP contribution >= 0.6 is 23.2 Å². The molecule has 9 heteroatoms. The Kier molecular flexibility index (Phi) is 5.37. The summed E-state index contributed by atoms with van der Waals surface area (Å²) >= 11 is 11.6. The molecule has 0 aromatic heterocycles. The number of hydrogen-bond donors (Lipinski definition) is 1. The van der Waals surface area contributed by atoms with Crippen LogP contribution in [-0.4, -0.2) is 33.3 Å². The highest BCUT2D eigenvalue weighted by Crippen LogP contribution is 2.27. The first-order chi connectivity index (χ1) is 11.1. The summed E-state index contributed by atoms with van der Waals surface area (Å²) < 4.78 is 40.2. The monoisotopic (exact) mass is 390 g/mol. The largest absolute Gasteiger partial charge is 0.345 e. The van der Waals surface area contributed by atoms with Crippen molar-refractivity contribution in [1.29, 1.82) is 0 Å². The third-order valence-electron chi connectivity index (χ3n) is 3.07. The lowest BCUT2D eigenvalue weighted by Crippen LogP contribution is -2.22. The lowest BCUT2D eigenvalue weighted by atomic mass is 10.2. The third kappa shape index (κ3) is 3.98. The van der Waals surface area contributed by atoms with Gasteiger partial charge < -0.3 is 4.90 Å². The summed E-state index contributed by atoms with van der Waals surface area (Å²) in [6, 6.07) is 7.23. The van der Waals surface area contributed by atoms with Crippen LogP contribution in [0.1, 0.15) is 10.4 Å². The minimum Gasteiger partial charge on any atom is -0.345 e. The lowest BCUT2D eigenvalue weighted by Gasteiger charge is -2.14. The van der Waals surface area contributed by atoms with Crippen molar-refractivity contribution in [3.05, 3.63) is 57.8 Å². The Balaban J connectivity index is 2.40. The number of carbonyl (C=O) groups excluding carboxylic acids is 1. The van der Waals surface area contributed by atoms with Crippen LogP contribution in [0.15, 0.2) is 41.3 Å². The van der Waals surface area contributed by atoms with Crippen molar-refractivity contribution >= 4 is 44.8 Å². The molecule has 1 N–H and O–H groups in total. The van der Waals surface area contributed by atoms with E-state index in [1.54, 1.807) is 14.1 Å². The van der Waals surface area contributed by atoms with E-state index in [2.05, 4.69) is 4.72 Å². The van der Waals surface area contributed by atoms with E-state index in [1.807, 2.05) is 0 Å². The molecular formula is C15H13Cl2FN2O3S. The molecule has 0 fully saturated rings. The number of carbonyl (C=O) groups is 1. The van der Waals surface area contributed by atoms with Crippen LogP contribution in [0.5, 0.6) is 0 Å². The minimum atomic E-state index is -4.05. The van der Waals surface area contributed by atoms with Gasteiger partial charge in [-0.2, -0.15) is 0 Å². The van der Waals surface area contributed by atoms with Crippen molar-refractivity contribution in [2.45, 2.75) is 4.90 Å². The van der Waals surface area contributed by atoms with Crippen molar-refractivity contribution in [3.63, 3.8) is 0 Å². The highest BCUT2D eigenvalue weighted by Gasteiger charge is 2.19. The maximum Gasteiger partial charge on any atom is 0.261 e. The number of anilines is 1. The third-order valence-corrected chi connectivity index (χ3v) is 5.05. The summed E-state index contributed by atoms with van der Waals surface area (Å²) in [4.78, 5) is 13.1. The van der Waals surface area contributed by atoms with E-state index in [0.717, 1.165) is 18.2 Å². The number of rotatable bonds is 4. The van der Waals surface area contributed by atoms with Gasteiger partial charge in [0.2, 0.25) is 0 Å². The maximum absolute atomic E-state index is 13.2. The SMILES string of the molecule is CN(C)C(=O)c1ccc(Cl)c(NS(=O)(=O)c2ccc(F)c(Cl)c2)c1. The topological polar surface area (TPSA) is 66.5 Å². The molecule has 0 saturated heterocycles. The molecule has 24 heavy (non-hydrogen) atoms. The van der Waals surface area contributed by atoms with E-state index in [0.29, 0.717) is 0 Å². The summed E-state index contributed by atoms with van der Waals surface area (Å²) in [5.41, 5.74) is 0.295. The molecule has 0 heterocycles. The summed E-state index contributed by atoms with van der Waals surface area (Å²) in [5.74, 6) is -1.04. The summed E-state index contributed by atoms with van der Waals surface area (Å²) in [5, 5.41) is -0.206. The number of sulfonamides is 1. The van der Waals surface area contributed by atoms with Gasteiger partial charge in [0.25, 0.3) is 15.9 Å². The van der Waals surface area contributed by atoms with Crippen LogP contribution in [0, 0.1) is 5.82 Å². The maximum atomic E-state index is 13.2. The van der Waals surface area contributed by atoms with Gasteiger partial charge >= 0.3 is 0 Å². The highest BCUT2D eigenvalue weighted by molar-refractivity contribution is 7.92. The Hall–Kier alpha value is -1.83. The van der Waals surface area contributed by atoms with Gasteiger partial charge in [-0.25, -0.2) is 12.8 Å². The van der Waals surface area contributed by atoms with E-state index < -0.39 is 15.8 Å². The van der Waals surface area contributed by atoms with Gasteiger partial charge in [-0.1, -0.05) is 23.2 Å². The molecule has 0 spiro atoms. The molecule has 128 valence electrons. The van der Waals surface area contributed by atoms with Crippen LogP contribution in [0.3, 0.4) is 0 Å². The number of nitrogens with one attached hydrogen (secondary N) is 1. The first-order valence-electron chi connectivity index (χ1n) is 6.61. The van der Waals surface area contributed by atoms with Crippen molar-refractivity contribution in [1.82, 2.24) is 4.90 Å². The summed E-state index contributed by atoms with van der Waals surface area (Å²) in [7, 11) is -0.907. The number of hydrogen-bond acceptors (Lipinski definition) is 3. The smallest absolute Gasteiger partial charge is 0.261 e. The molecule has 0 aliphatic carbocycles. The molecular weight excluding hydrogens is 378 g/mol. The molecule has 0 aliphatic rings. The molecule has 2 rings (SSSR count). The summed E-state index contributed by atoms with van der Waals surface area (Å²) in [6.07, 6.45) is 0. The zero-order valence-electron chi connectivity index (χ0n) is 12.7. The second kappa shape index (κ2) is 6.96. The molecule has 0 bridgehead atoms. The van der Waals surface area contributed by atoms with Crippen molar-refractivity contribution in [3.8, 4) is 0 Å². The van der Waals surface area contributed by atoms with Gasteiger partial charge in [0.1, 0.15) is 5.82 Å². The molecule has 5 nitrogen and oxygen atoms in total. The molecule has 0 saturated carbocycles. The molecule has 0 radical (unpaired) electrons. The first kappa shape index (κ1) is 18.5. The highest BCUT2D eigenvalue weighted by atomic mass is 35.5. The molecule has 0 aliphatic heterocycles. The molecule has 0 unspecified atom stereocenters. The fraction of sp³-hybridized carbons (Fsp3) is 0.133.